The molecule has 0 radical (unpaired) electrons. The van der Waals surface area contributed by atoms with Gasteiger partial charge >= 0.3 is 0 Å². The SMILES string of the molecule is Cc1nnn(-c2ccccc2O)c1CN. The van der Waals surface area contributed by atoms with E-state index in [4.69, 9.17) is 5.73 Å². The van der Waals surface area contributed by atoms with Crippen LogP contribution in [0.5, 0.6) is 5.75 Å². The van der Waals surface area contributed by atoms with Gasteiger partial charge in [-0.15, -0.1) is 5.10 Å². The van der Waals surface area contributed by atoms with Gasteiger partial charge in [-0.3, -0.25) is 0 Å². The molecular weight excluding hydrogens is 192 g/mol. The molecule has 0 atom stereocenters. The number of phenols is 1. The van der Waals surface area contributed by atoms with Crippen LogP contribution in [0.4, 0.5) is 0 Å². The maximum Gasteiger partial charge on any atom is 0.141 e. The number of aryl methyl sites for hydroxylation is 1. The van der Waals surface area contributed by atoms with Crippen molar-refractivity contribution >= 4 is 0 Å². The molecule has 2 aromatic rings. The van der Waals surface area contributed by atoms with Crippen molar-refractivity contribution in [2.24, 2.45) is 5.73 Å². The van der Waals surface area contributed by atoms with Crippen LogP contribution in [-0.2, 0) is 6.54 Å². The van der Waals surface area contributed by atoms with Crippen LogP contribution in [0.2, 0.25) is 0 Å². The lowest BCUT2D eigenvalue weighted by atomic mass is 10.2. The second-order valence-electron chi connectivity index (χ2n) is 3.23. The van der Waals surface area contributed by atoms with Crippen molar-refractivity contribution < 1.29 is 5.11 Å². The molecule has 2 rings (SSSR count). The summed E-state index contributed by atoms with van der Waals surface area (Å²) < 4.78 is 1.56. The van der Waals surface area contributed by atoms with Crippen molar-refractivity contribution in [1.82, 2.24) is 15.0 Å². The van der Waals surface area contributed by atoms with E-state index in [1.165, 1.54) is 0 Å². The maximum atomic E-state index is 9.66. The van der Waals surface area contributed by atoms with Gasteiger partial charge in [0.05, 0.1) is 11.4 Å². The lowest BCUT2D eigenvalue weighted by Gasteiger charge is -2.06. The fourth-order valence-corrected chi connectivity index (χ4v) is 1.45. The van der Waals surface area contributed by atoms with Crippen molar-refractivity contribution in [1.29, 1.82) is 0 Å². The normalized spacial score (nSPS) is 10.5. The average molecular weight is 204 g/mol. The molecule has 0 spiro atoms. The fraction of sp³-hybridized carbons (Fsp3) is 0.200. The first-order chi connectivity index (χ1) is 7.24. The van der Waals surface area contributed by atoms with E-state index in [9.17, 15) is 5.11 Å². The van der Waals surface area contributed by atoms with Gasteiger partial charge in [-0.1, -0.05) is 17.3 Å². The Kier molecular flexibility index (Phi) is 2.39. The Morgan fingerprint density at radius 3 is 2.80 bits per heavy atom. The zero-order chi connectivity index (χ0) is 10.8. The molecule has 15 heavy (non-hydrogen) atoms. The smallest absolute Gasteiger partial charge is 0.141 e. The Balaban J connectivity index is 2.59. The van der Waals surface area contributed by atoms with Gasteiger partial charge < -0.3 is 10.8 Å². The number of nitrogens with two attached hydrogens (primary N) is 1. The monoisotopic (exact) mass is 204 g/mol. The Morgan fingerprint density at radius 1 is 1.40 bits per heavy atom. The molecule has 0 fully saturated rings. The molecule has 1 aromatic carbocycles. The number of aromatic nitrogens is 3. The summed E-state index contributed by atoms with van der Waals surface area (Å²) in [5.74, 6) is 0.164. The fourth-order valence-electron chi connectivity index (χ4n) is 1.45. The molecular formula is C10H12N4O. The highest BCUT2D eigenvalue weighted by molar-refractivity contribution is 5.45. The van der Waals surface area contributed by atoms with E-state index in [1.54, 1.807) is 22.9 Å². The van der Waals surface area contributed by atoms with Gasteiger partial charge in [-0.05, 0) is 19.1 Å². The summed E-state index contributed by atoms with van der Waals surface area (Å²) >= 11 is 0. The first kappa shape index (κ1) is 9.67. The number of hydrogen-bond donors (Lipinski definition) is 2. The van der Waals surface area contributed by atoms with E-state index in [2.05, 4.69) is 10.3 Å². The summed E-state index contributed by atoms with van der Waals surface area (Å²) in [6, 6.07) is 6.95. The average Bonchev–Trinajstić information content (AvgIpc) is 2.60. The first-order valence-corrected chi connectivity index (χ1v) is 4.63. The molecule has 0 saturated heterocycles. The van der Waals surface area contributed by atoms with E-state index < -0.39 is 0 Å². The molecule has 0 aliphatic heterocycles. The Labute approximate surface area is 87.1 Å². The van der Waals surface area contributed by atoms with Crippen LogP contribution in [-0.4, -0.2) is 20.1 Å². The molecule has 3 N–H and O–H groups in total. The van der Waals surface area contributed by atoms with E-state index in [1.807, 2.05) is 13.0 Å². The number of aromatic hydroxyl groups is 1. The molecule has 0 aliphatic rings. The Hall–Kier alpha value is -1.88. The number of rotatable bonds is 2. The summed E-state index contributed by atoms with van der Waals surface area (Å²) in [4.78, 5) is 0. The van der Waals surface area contributed by atoms with Crippen LogP contribution in [0.3, 0.4) is 0 Å². The summed E-state index contributed by atoms with van der Waals surface area (Å²) in [7, 11) is 0. The van der Waals surface area contributed by atoms with E-state index in [0.29, 0.717) is 12.2 Å². The molecule has 78 valence electrons. The van der Waals surface area contributed by atoms with Crippen LogP contribution in [0.1, 0.15) is 11.4 Å². The van der Waals surface area contributed by atoms with Gasteiger partial charge in [-0.25, -0.2) is 4.68 Å². The molecule has 5 nitrogen and oxygen atoms in total. The molecule has 1 heterocycles. The van der Waals surface area contributed by atoms with Crippen molar-refractivity contribution in [3.05, 3.63) is 35.7 Å². The molecule has 0 unspecified atom stereocenters. The largest absolute Gasteiger partial charge is 0.506 e. The predicted octanol–water partition coefficient (Wildman–Crippen LogP) is 0.740. The highest BCUT2D eigenvalue weighted by atomic mass is 16.3. The van der Waals surface area contributed by atoms with Crippen LogP contribution in [0, 0.1) is 6.92 Å². The Bertz CT molecular complexity index is 478. The number of nitrogens with zero attached hydrogens (tertiary/aromatic N) is 3. The number of phenolic OH excluding ortho intramolecular Hbond substituents is 1. The minimum atomic E-state index is 0.164. The molecule has 0 aliphatic carbocycles. The third-order valence-corrected chi connectivity index (χ3v) is 2.26. The minimum absolute atomic E-state index is 0.164. The van der Waals surface area contributed by atoms with Gasteiger partial charge in [0.2, 0.25) is 0 Å². The van der Waals surface area contributed by atoms with Crippen LogP contribution in [0.25, 0.3) is 5.69 Å². The van der Waals surface area contributed by atoms with Gasteiger partial charge in [0.15, 0.2) is 0 Å². The van der Waals surface area contributed by atoms with Crippen molar-refractivity contribution in [2.75, 3.05) is 0 Å². The van der Waals surface area contributed by atoms with E-state index in [0.717, 1.165) is 11.4 Å². The minimum Gasteiger partial charge on any atom is -0.506 e. The summed E-state index contributed by atoms with van der Waals surface area (Å²) in [6.07, 6.45) is 0. The second-order valence-corrected chi connectivity index (χ2v) is 3.23. The van der Waals surface area contributed by atoms with E-state index >= 15 is 0 Å². The van der Waals surface area contributed by atoms with Crippen LogP contribution >= 0.6 is 0 Å². The van der Waals surface area contributed by atoms with E-state index in [-0.39, 0.29) is 5.75 Å². The number of benzene rings is 1. The third-order valence-electron chi connectivity index (χ3n) is 2.26. The number of hydrogen-bond acceptors (Lipinski definition) is 4. The lowest BCUT2D eigenvalue weighted by molar-refractivity contribution is 0.469. The topological polar surface area (TPSA) is 77.0 Å². The maximum absolute atomic E-state index is 9.66. The zero-order valence-corrected chi connectivity index (χ0v) is 8.38. The third kappa shape index (κ3) is 1.57. The van der Waals surface area contributed by atoms with Crippen molar-refractivity contribution in [3.8, 4) is 11.4 Å². The zero-order valence-electron chi connectivity index (χ0n) is 8.38. The molecule has 1 aromatic heterocycles. The molecule has 0 saturated carbocycles. The summed E-state index contributed by atoms with van der Waals surface area (Å²) in [5.41, 5.74) is 7.78. The summed E-state index contributed by atoms with van der Waals surface area (Å²) in [5, 5.41) is 17.5. The highest BCUT2D eigenvalue weighted by Crippen LogP contribution is 2.21. The first-order valence-electron chi connectivity index (χ1n) is 4.63. The Morgan fingerprint density at radius 2 is 2.13 bits per heavy atom. The second kappa shape index (κ2) is 3.70. The van der Waals surface area contributed by atoms with Crippen LogP contribution in [0.15, 0.2) is 24.3 Å². The molecule has 0 bridgehead atoms. The quantitative estimate of drug-likeness (QED) is 0.756. The number of para-hydroxylation sites is 2. The highest BCUT2D eigenvalue weighted by Gasteiger charge is 2.11. The summed E-state index contributed by atoms with van der Waals surface area (Å²) in [6.45, 7) is 2.18. The van der Waals surface area contributed by atoms with Crippen LogP contribution < -0.4 is 5.73 Å². The van der Waals surface area contributed by atoms with Gasteiger partial charge in [-0.2, -0.15) is 0 Å². The predicted molar refractivity (Wildman–Crippen MR) is 55.7 cm³/mol. The van der Waals surface area contributed by atoms with Gasteiger partial charge in [0.1, 0.15) is 11.4 Å². The molecule has 0 amide bonds. The standard InChI is InChI=1S/C10H12N4O/c1-7-9(6-11)14(13-12-7)8-4-2-3-5-10(8)15/h2-5,15H,6,11H2,1H3. The molecule has 5 heteroatoms. The van der Waals surface area contributed by atoms with Gasteiger partial charge in [0, 0.05) is 6.54 Å². The lowest BCUT2D eigenvalue weighted by Crippen LogP contribution is -2.08. The van der Waals surface area contributed by atoms with Crippen molar-refractivity contribution in [2.45, 2.75) is 13.5 Å². The van der Waals surface area contributed by atoms with Gasteiger partial charge in [0.25, 0.3) is 0 Å². The van der Waals surface area contributed by atoms with Crippen molar-refractivity contribution in [3.63, 3.8) is 0 Å².